The van der Waals surface area contributed by atoms with E-state index in [2.05, 4.69) is 19.2 Å². The molecule has 0 radical (unpaired) electrons. The Kier molecular flexibility index (Phi) is 8.76. The van der Waals surface area contributed by atoms with Crippen molar-refractivity contribution in [2.45, 2.75) is 90.1 Å². The average molecular weight is 435 g/mol. The van der Waals surface area contributed by atoms with Gasteiger partial charge in [0.2, 0.25) is 17.7 Å². The Labute approximate surface area is 187 Å². The second kappa shape index (κ2) is 11.3. The molecule has 2 heterocycles. The van der Waals surface area contributed by atoms with E-state index in [1.54, 1.807) is 0 Å². The molecule has 2 atom stereocenters. The maximum Gasteiger partial charge on any atom is 0.245 e. The summed E-state index contributed by atoms with van der Waals surface area (Å²) in [5.74, 6) is 1.18. The lowest BCUT2D eigenvalue weighted by atomic mass is 9.83. The Morgan fingerprint density at radius 3 is 2.29 bits per heavy atom. The summed E-state index contributed by atoms with van der Waals surface area (Å²) >= 11 is 0. The zero-order chi connectivity index (χ0) is 22.4. The molecule has 7 nitrogen and oxygen atoms in total. The van der Waals surface area contributed by atoms with Gasteiger partial charge in [0.25, 0.3) is 0 Å². The Morgan fingerprint density at radius 1 is 1.00 bits per heavy atom. The lowest BCUT2D eigenvalue weighted by Crippen LogP contribution is -2.62. The summed E-state index contributed by atoms with van der Waals surface area (Å²) in [5.41, 5.74) is 5.36. The van der Waals surface area contributed by atoms with E-state index in [0.29, 0.717) is 37.9 Å². The van der Waals surface area contributed by atoms with Crippen molar-refractivity contribution in [1.29, 1.82) is 0 Å². The van der Waals surface area contributed by atoms with Crippen molar-refractivity contribution in [3.05, 3.63) is 0 Å². The van der Waals surface area contributed by atoms with Crippen LogP contribution in [-0.2, 0) is 14.4 Å². The van der Waals surface area contributed by atoms with E-state index >= 15 is 0 Å². The molecule has 0 aromatic rings. The topological polar surface area (TPSA) is 95.7 Å². The second-order valence-corrected chi connectivity index (χ2v) is 10.4. The van der Waals surface area contributed by atoms with Crippen LogP contribution in [0.1, 0.15) is 78.1 Å². The summed E-state index contributed by atoms with van der Waals surface area (Å²) in [6.07, 6.45) is 9.71. The van der Waals surface area contributed by atoms with Crippen LogP contribution in [0, 0.1) is 17.8 Å². The molecular weight excluding hydrogens is 392 g/mol. The Morgan fingerprint density at radius 2 is 1.68 bits per heavy atom. The number of hydrogen-bond acceptors (Lipinski definition) is 4. The Hall–Kier alpha value is -1.63. The number of rotatable bonds is 8. The maximum absolute atomic E-state index is 13.7. The van der Waals surface area contributed by atoms with Gasteiger partial charge in [-0.2, -0.15) is 0 Å². The van der Waals surface area contributed by atoms with E-state index < -0.39 is 0 Å². The highest BCUT2D eigenvalue weighted by atomic mass is 16.2. The third-order valence-corrected chi connectivity index (χ3v) is 7.39. The summed E-state index contributed by atoms with van der Waals surface area (Å²) in [4.78, 5) is 42.1. The first-order chi connectivity index (χ1) is 14.8. The smallest absolute Gasteiger partial charge is 0.245 e. The fraction of sp³-hybridized carbons (Fsp3) is 0.875. The largest absolute Gasteiger partial charge is 0.370 e. The van der Waals surface area contributed by atoms with Crippen molar-refractivity contribution in [3.8, 4) is 0 Å². The molecular formula is C24H42N4O3. The lowest BCUT2D eigenvalue weighted by molar-refractivity contribution is -0.150. The minimum Gasteiger partial charge on any atom is -0.370 e. The molecule has 3 fully saturated rings. The van der Waals surface area contributed by atoms with Crippen LogP contribution in [0.25, 0.3) is 0 Å². The third-order valence-electron chi connectivity index (χ3n) is 7.39. The van der Waals surface area contributed by atoms with Crippen molar-refractivity contribution >= 4 is 17.7 Å². The number of amides is 3. The molecule has 0 aromatic heterocycles. The van der Waals surface area contributed by atoms with Crippen molar-refractivity contribution in [2.24, 2.45) is 23.5 Å². The van der Waals surface area contributed by atoms with Crippen LogP contribution >= 0.6 is 0 Å². The SMILES string of the molecule is CC(C)C[C@@H]1NCCN([C@@H](CC2CCCCC2)C(=O)N2CCC(CC(N)=O)CC2)C1=O. The van der Waals surface area contributed by atoms with Crippen LogP contribution in [-0.4, -0.2) is 65.8 Å². The van der Waals surface area contributed by atoms with Gasteiger partial charge < -0.3 is 20.9 Å². The first-order valence-electron chi connectivity index (χ1n) is 12.5. The molecule has 0 bridgehead atoms. The van der Waals surface area contributed by atoms with Gasteiger partial charge in [-0.3, -0.25) is 14.4 Å². The average Bonchev–Trinajstić information content (AvgIpc) is 2.74. The first kappa shape index (κ1) is 24.0. The summed E-state index contributed by atoms with van der Waals surface area (Å²) in [6.45, 7) is 6.94. The first-order valence-corrected chi connectivity index (χ1v) is 12.5. The predicted molar refractivity (Wildman–Crippen MR) is 121 cm³/mol. The predicted octanol–water partition coefficient (Wildman–Crippen LogP) is 2.29. The molecule has 3 amide bonds. The van der Waals surface area contributed by atoms with Crippen molar-refractivity contribution in [1.82, 2.24) is 15.1 Å². The van der Waals surface area contributed by atoms with Gasteiger partial charge in [-0.05, 0) is 43.4 Å². The molecule has 1 aliphatic carbocycles. The van der Waals surface area contributed by atoms with E-state index in [1.165, 1.54) is 32.1 Å². The third kappa shape index (κ3) is 6.67. The monoisotopic (exact) mass is 434 g/mol. The van der Waals surface area contributed by atoms with Crippen LogP contribution in [0.2, 0.25) is 0 Å². The van der Waals surface area contributed by atoms with Crippen molar-refractivity contribution in [3.63, 3.8) is 0 Å². The molecule has 3 rings (SSSR count). The molecule has 31 heavy (non-hydrogen) atoms. The molecule has 176 valence electrons. The van der Waals surface area contributed by atoms with Crippen molar-refractivity contribution < 1.29 is 14.4 Å². The van der Waals surface area contributed by atoms with Gasteiger partial charge in [0, 0.05) is 32.6 Å². The summed E-state index contributed by atoms with van der Waals surface area (Å²) < 4.78 is 0. The van der Waals surface area contributed by atoms with Gasteiger partial charge in [-0.1, -0.05) is 46.0 Å². The number of nitrogens with zero attached hydrogens (tertiary/aromatic N) is 2. The van der Waals surface area contributed by atoms with Gasteiger partial charge in [0.1, 0.15) is 6.04 Å². The van der Waals surface area contributed by atoms with Gasteiger partial charge in [0.05, 0.1) is 6.04 Å². The van der Waals surface area contributed by atoms with Gasteiger partial charge in [0.15, 0.2) is 0 Å². The standard InChI is InChI=1S/C24H42N4O3/c1-17(2)14-20-23(30)28(13-10-26-20)21(15-18-6-4-3-5-7-18)24(31)27-11-8-19(9-12-27)16-22(25)29/h17-21,26H,3-16H2,1-2H3,(H2,25,29)/t20-,21-/m0/s1. The summed E-state index contributed by atoms with van der Waals surface area (Å²) in [5, 5.41) is 3.37. The lowest BCUT2D eigenvalue weighted by Gasteiger charge is -2.42. The maximum atomic E-state index is 13.7. The van der Waals surface area contributed by atoms with Crippen LogP contribution < -0.4 is 11.1 Å². The highest BCUT2D eigenvalue weighted by Gasteiger charge is 2.40. The van der Waals surface area contributed by atoms with E-state index in [1.807, 2.05) is 9.80 Å². The highest BCUT2D eigenvalue weighted by molar-refractivity contribution is 5.90. The molecule has 0 unspecified atom stereocenters. The number of nitrogens with one attached hydrogen (secondary N) is 1. The van der Waals surface area contributed by atoms with Crippen LogP contribution in [0.3, 0.4) is 0 Å². The second-order valence-electron chi connectivity index (χ2n) is 10.4. The van der Waals surface area contributed by atoms with Crippen LogP contribution in [0.4, 0.5) is 0 Å². The zero-order valence-corrected chi connectivity index (χ0v) is 19.5. The zero-order valence-electron chi connectivity index (χ0n) is 19.5. The molecule has 0 aromatic carbocycles. The van der Waals surface area contributed by atoms with E-state index in [4.69, 9.17) is 5.73 Å². The normalized spacial score (nSPS) is 25.1. The number of piperidine rings is 1. The molecule has 0 spiro atoms. The molecule has 1 saturated carbocycles. The fourth-order valence-corrected chi connectivity index (χ4v) is 5.67. The summed E-state index contributed by atoms with van der Waals surface area (Å²) in [7, 11) is 0. The van der Waals surface area contributed by atoms with Crippen molar-refractivity contribution in [2.75, 3.05) is 26.2 Å². The number of likely N-dealkylation sites (tertiary alicyclic amines) is 1. The minimum atomic E-state index is -0.347. The van der Waals surface area contributed by atoms with E-state index in [9.17, 15) is 14.4 Å². The molecule has 3 N–H and O–H groups in total. The Balaban J connectivity index is 1.70. The van der Waals surface area contributed by atoms with Gasteiger partial charge >= 0.3 is 0 Å². The molecule has 2 saturated heterocycles. The fourth-order valence-electron chi connectivity index (χ4n) is 5.67. The summed E-state index contributed by atoms with van der Waals surface area (Å²) in [6, 6.07) is -0.531. The van der Waals surface area contributed by atoms with Gasteiger partial charge in [-0.25, -0.2) is 0 Å². The van der Waals surface area contributed by atoms with Gasteiger partial charge in [-0.15, -0.1) is 0 Å². The number of primary amides is 1. The molecule has 2 aliphatic heterocycles. The van der Waals surface area contributed by atoms with E-state index in [-0.39, 0.29) is 35.7 Å². The number of carbonyl (C=O) groups excluding carboxylic acids is 3. The van der Waals surface area contributed by atoms with Crippen LogP contribution in [0.15, 0.2) is 0 Å². The number of hydrogen-bond donors (Lipinski definition) is 2. The quantitative estimate of drug-likeness (QED) is 0.613. The number of piperazine rings is 1. The number of nitrogens with two attached hydrogens (primary N) is 1. The highest BCUT2D eigenvalue weighted by Crippen LogP contribution is 2.31. The van der Waals surface area contributed by atoms with E-state index in [0.717, 1.165) is 32.2 Å². The molecule has 3 aliphatic rings. The van der Waals surface area contributed by atoms with Crippen LogP contribution in [0.5, 0.6) is 0 Å². The minimum absolute atomic E-state index is 0.0951. The Bertz CT molecular complexity index is 624. The number of carbonyl (C=O) groups is 3. The molecule has 7 heteroatoms.